The van der Waals surface area contributed by atoms with E-state index in [0.717, 1.165) is 55.6 Å². The van der Waals surface area contributed by atoms with Crippen LogP contribution in [0.3, 0.4) is 0 Å². The molecule has 123 heavy (non-hydrogen) atoms. The van der Waals surface area contributed by atoms with Gasteiger partial charge in [-0.1, -0.05) is 275 Å². The number of pyridine rings is 7. The van der Waals surface area contributed by atoms with E-state index in [1.54, 1.807) is 6.20 Å². The minimum absolute atomic E-state index is 0. The summed E-state index contributed by atoms with van der Waals surface area (Å²) in [5.41, 5.74) is 25.1. The molecule has 13 nitrogen and oxygen atoms in total. The first-order valence-electron chi connectivity index (χ1n) is 40.2. The Balaban J connectivity index is 0.000000695. The van der Waals surface area contributed by atoms with Crippen LogP contribution in [0.4, 0.5) is 0 Å². The van der Waals surface area contributed by atoms with Crippen molar-refractivity contribution >= 4 is 72.4 Å². The first-order chi connectivity index (χ1) is 56.2. The van der Waals surface area contributed by atoms with Gasteiger partial charge in [-0.15, -0.1) is 106 Å². The predicted octanol–water partition coefficient (Wildman–Crippen LogP) is 30.5. The van der Waals surface area contributed by atoms with Gasteiger partial charge in [-0.25, -0.2) is 4.98 Å². The molecular formula is C103H130BrCl4IrN7O6P. The summed E-state index contributed by atoms with van der Waals surface area (Å²) in [7, 11) is 0. The van der Waals surface area contributed by atoms with Crippen LogP contribution in [0.1, 0.15) is 240 Å². The molecule has 0 amide bonds. The van der Waals surface area contributed by atoms with Gasteiger partial charge in [0.2, 0.25) is 0 Å². The van der Waals surface area contributed by atoms with Crippen molar-refractivity contribution in [1.29, 1.82) is 0 Å². The smallest absolute Gasteiger partial charge is 0.619 e. The minimum atomic E-state index is -3.22. The van der Waals surface area contributed by atoms with Crippen LogP contribution in [0.25, 0.3) is 45.0 Å². The van der Waals surface area contributed by atoms with Crippen LogP contribution in [0, 0.1) is 51.1 Å². The zero-order chi connectivity index (χ0) is 93.0. The van der Waals surface area contributed by atoms with Crippen LogP contribution in [0.2, 0.25) is 5.15 Å². The van der Waals surface area contributed by atoms with Crippen molar-refractivity contribution in [1.82, 2.24) is 29.9 Å². The number of hydrogen-bond donors (Lipinski definition) is 3. The van der Waals surface area contributed by atoms with Crippen LogP contribution in [-0.4, -0.2) is 51.5 Å². The quantitative estimate of drug-likeness (QED) is 0.0287. The Morgan fingerprint density at radius 3 is 0.854 bits per heavy atom. The van der Waals surface area contributed by atoms with E-state index >= 15 is 0 Å². The van der Waals surface area contributed by atoms with E-state index in [2.05, 4.69) is 437 Å². The molecule has 0 aliphatic rings. The average molecular weight is 2010 g/mol. The van der Waals surface area contributed by atoms with Gasteiger partial charge < -0.3 is 25.3 Å². The van der Waals surface area contributed by atoms with Gasteiger partial charge in [0.05, 0.1) is 5.69 Å². The largest absolute Gasteiger partial charge is 3.00 e. The van der Waals surface area contributed by atoms with Crippen molar-refractivity contribution in [2.75, 3.05) is 0 Å². The zero-order valence-electron chi connectivity index (χ0n) is 77.5. The summed E-state index contributed by atoms with van der Waals surface area (Å²) in [6.45, 7) is 62.0. The zero-order valence-corrected chi connectivity index (χ0v) is 85.4. The van der Waals surface area contributed by atoms with Gasteiger partial charge in [0, 0.05) is 72.5 Å². The predicted molar refractivity (Wildman–Crippen MR) is 521 cm³/mol. The second kappa shape index (κ2) is 52.1. The minimum Gasteiger partial charge on any atom is -0.619 e. The Kier molecular flexibility index (Phi) is 47.8. The summed E-state index contributed by atoms with van der Waals surface area (Å²) in [6.07, 6.45) is 16.0. The maximum Gasteiger partial charge on any atom is 3.00 e. The summed E-state index contributed by atoms with van der Waals surface area (Å²) < 4.78 is 11.5. The van der Waals surface area contributed by atoms with Crippen LogP contribution in [0.5, 0.6) is 0 Å². The number of rotatable bonds is 4. The molecule has 0 saturated carbocycles. The van der Waals surface area contributed by atoms with Crippen molar-refractivity contribution in [2.24, 2.45) is 0 Å². The third kappa shape index (κ3) is 47.1. The molecule has 0 atom stereocenters. The number of carboxylic acid groups (broad SMARTS) is 1. The Morgan fingerprint density at radius 1 is 0.366 bits per heavy atom. The molecule has 12 rings (SSSR count). The molecule has 0 unspecified atom stereocenters. The molecule has 0 aliphatic carbocycles. The van der Waals surface area contributed by atoms with Gasteiger partial charge in [-0.3, -0.25) is 29.8 Å². The fraction of sp³-hybridized carbons (Fsp3) is 0.359. The standard InChI is InChI=1S/C16H19N.3C16H18N.C10H13Br.C9H12ClN.C9H13NO.C9H13N.C2H4O2.Cl3OP.Ir.H2O2/c4*1-12-5-7-13(8-6-12)15-11-14(9-10-17-15)16(2,3)4;1-10(2,3)8-4-6-9(11)7-5-8;1-9(2,3)7-4-5-11-8(10)6-7;1-9(2,3)8-4-6-10(11)7-5-8;1-9(2,3)8-4-6-10-7-5-8;1-2(3)4;1-5(2,3)4;;1-2/h5-11H,1-4H3;3*5-7,9-11H,1-4H3;4-7H,1-3H3;4-6H,1-3H3;4-7H,1-3H3;4-7H,1-3H3;1H3,(H,3,4);;;1-2H/q;3*-1;;;;;;;+3;. The summed E-state index contributed by atoms with van der Waals surface area (Å²) in [4.78, 5) is 34.6. The summed E-state index contributed by atoms with van der Waals surface area (Å²) in [5.74, 6) is -0.833. The number of nitrogens with zero attached hydrogens (tertiary/aromatic N) is 7. The van der Waals surface area contributed by atoms with E-state index in [-0.39, 0.29) is 63.4 Å². The maximum absolute atomic E-state index is 10.7. The van der Waals surface area contributed by atoms with Crippen LogP contribution < -0.4 is 4.73 Å². The number of hydrogen-bond acceptors (Lipinski definition) is 11. The van der Waals surface area contributed by atoms with Crippen LogP contribution in [-0.2, 0) is 72.8 Å². The molecule has 12 aromatic rings. The van der Waals surface area contributed by atoms with Gasteiger partial charge in [0.25, 0.3) is 5.97 Å². The molecule has 0 bridgehead atoms. The molecule has 20 heteroatoms. The molecule has 0 saturated heterocycles. The van der Waals surface area contributed by atoms with Crippen molar-refractivity contribution in [3.8, 4) is 45.0 Å². The fourth-order valence-corrected chi connectivity index (χ4v) is 10.9. The fourth-order valence-electron chi connectivity index (χ4n) is 10.5. The number of aryl methyl sites for hydroxylation is 4. The number of aromatic nitrogens is 7. The van der Waals surface area contributed by atoms with E-state index in [0.29, 0.717) is 5.15 Å². The number of carboxylic acids is 1. The monoisotopic (exact) mass is 2000 g/mol. The SMILES string of the molecule is CC(=O)O.CC(C)(C)c1cc[n+]([O-])cc1.CC(C)(C)c1ccc(Br)cc1.CC(C)(C)c1ccnc(Cl)c1.CC(C)(C)c1ccncc1.Cc1c[c-]c(-c2cc(C(C)(C)C)ccn2)cc1.Cc1c[c-]c(-c2cc(C(C)(C)C)ccn2)cc1.Cc1c[c-]c(-c2cc(C(C)(C)C)ccn2)cc1.Cc1ccc(-c2cc(C(C)(C)C)ccn2)cc1.O=P(Cl)(Cl)Cl.OO.[Ir+3]. The molecule has 3 N–H and O–H groups in total. The van der Waals surface area contributed by atoms with Gasteiger partial charge in [0.15, 0.2) is 12.4 Å². The molecule has 0 radical (unpaired) electrons. The summed E-state index contributed by atoms with van der Waals surface area (Å²) in [5, 5.41) is 27.4. The van der Waals surface area contributed by atoms with Crippen molar-refractivity contribution < 1.29 is 49.8 Å². The van der Waals surface area contributed by atoms with Crippen molar-refractivity contribution in [3.05, 3.63) is 344 Å². The van der Waals surface area contributed by atoms with E-state index in [9.17, 15) is 9.77 Å². The van der Waals surface area contributed by atoms with Gasteiger partial charge in [0.1, 0.15) is 5.15 Å². The first kappa shape index (κ1) is 113. The third-order valence-corrected chi connectivity index (χ3v) is 18.8. The van der Waals surface area contributed by atoms with E-state index < -0.39 is 11.2 Å². The third-order valence-electron chi connectivity index (χ3n) is 18.1. The van der Waals surface area contributed by atoms with Crippen LogP contribution >= 0.6 is 66.5 Å². The number of carbonyl (C=O) groups is 1. The maximum atomic E-state index is 10.7. The normalized spacial score (nSPS) is 11.2. The van der Waals surface area contributed by atoms with Gasteiger partial charge in [-0.2, -0.15) is 4.73 Å². The van der Waals surface area contributed by atoms with Crippen molar-refractivity contribution in [3.63, 3.8) is 0 Å². The Labute approximate surface area is 778 Å². The van der Waals surface area contributed by atoms with E-state index in [1.165, 1.54) is 84.7 Å². The topological polar surface area (TPSA) is 199 Å². The second-order valence-corrected chi connectivity index (χ2v) is 45.3. The number of halogens is 5. The molecule has 7 heterocycles. The van der Waals surface area contributed by atoms with Gasteiger partial charge >= 0.3 is 25.3 Å². The van der Waals surface area contributed by atoms with Gasteiger partial charge in [-0.05, 0) is 212 Å². The molecular weight excluding hydrogens is 1880 g/mol. The number of benzene rings is 5. The molecule has 7 aromatic heterocycles. The van der Waals surface area contributed by atoms with E-state index in [1.807, 2.05) is 79.6 Å². The first-order valence-corrected chi connectivity index (χ1v) is 45.8. The summed E-state index contributed by atoms with van der Waals surface area (Å²) >= 11 is 23.0. The molecule has 0 spiro atoms. The Bertz CT molecular complexity index is 4620. The molecule has 662 valence electrons. The van der Waals surface area contributed by atoms with Crippen LogP contribution in [0.15, 0.2) is 248 Å². The van der Waals surface area contributed by atoms with Crippen molar-refractivity contribution in [2.45, 2.75) is 244 Å². The molecule has 5 aromatic carbocycles. The Morgan fingerprint density at radius 2 is 0.602 bits per heavy atom. The molecule has 0 fully saturated rings. The number of aliphatic carboxylic acids is 1. The second-order valence-electron chi connectivity index (χ2n) is 37.4. The average Bonchev–Trinajstić information content (AvgIpc) is 0.836. The summed E-state index contributed by atoms with van der Waals surface area (Å²) in [6, 6.07) is 74.0. The van der Waals surface area contributed by atoms with E-state index in [4.69, 9.17) is 32.0 Å². The molecule has 0 aliphatic heterocycles. The Hall–Kier alpha value is -8.14.